The van der Waals surface area contributed by atoms with Crippen molar-refractivity contribution in [3.05, 3.63) is 90.5 Å². The number of aliphatic hydroxyl groups is 1. The van der Waals surface area contributed by atoms with Gasteiger partial charge in [0.15, 0.2) is 0 Å². The highest BCUT2D eigenvalue weighted by atomic mass is 79.9. The number of allylic oxidation sites excluding steroid dienone is 1. The van der Waals surface area contributed by atoms with E-state index in [2.05, 4.69) is 34.4 Å². The van der Waals surface area contributed by atoms with Crippen LogP contribution in [-0.4, -0.2) is 95.2 Å². The molecule has 0 saturated carbocycles. The fraction of sp³-hybridized carbons (Fsp3) is 0.459. The highest BCUT2D eigenvalue weighted by Gasteiger charge is 2.77. The molecular weight excluding hydrogens is 730 g/mol. The summed E-state index contributed by atoms with van der Waals surface area (Å²) >= 11 is 9.84. The summed E-state index contributed by atoms with van der Waals surface area (Å²) in [7, 11) is 1.49. The molecule has 1 spiro atoms. The molecule has 1 unspecified atom stereocenters. The number of methoxy groups -OCH3 is 1. The number of ether oxygens (including phenoxy) is 3. The third-order valence-corrected chi connectivity index (χ3v) is 10.8. The molecule has 9 atom stereocenters. The van der Waals surface area contributed by atoms with Gasteiger partial charge in [-0.3, -0.25) is 19.2 Å². The van der Waals surface area contributed by atoms with Crippen LogP contribution >= 0.6 is 27.5 Å². The molecule has 5 rings (SSSR count). The van der Waals surface area contributed by atoms with Crippen LogP contribution in [0.5, 0.6) is 0 Å². The predicted molar refractivity (Wildman–Crippen MR) is 192 cm³/mol. The zero-order chi connectivity index (χ0) is 36.2. The molecule has 2 aromatic rings. The van der Waals surface area contributed by atoms with Crippen molar-refractivity contribution in [1.29, 1.82) is 0 Å². The van der Waals surface area contributed by atoms with Gasteiger partial charge in [0.05, 0.1) is 43.2 Å². The van der Waals surface area contributed by atoms with Crippen LogP contribution in [0.4, 0.5) is 5.69 Å². The fourth-order valence-electron chi connectivity index (χ4n) is 7.52. The van der Waals surface area contributed by atoms with Crippen LogP contribution < -0.4 is 10.2 Å². The summed E-state index contributed by atoms with van der Waals surface area (Å²) in [5.74, 6) is -4.07. The Bertz CT molecular complexity index is 1580. The minimum atomic E-state index is -1.40. The topological polar surface area (TPSA) is 135 Å². The smallest absolute Gasteiger partial charge is 0.313 e. The summed E-state index contributed by atoms with van der Waals surface area (Å²) in [6, 6.07) is 13.0. The summed E-state index contributed by atoms with van der Waals surface area (Å²) in [6.45, 7) is 8.90. The van der Waals surface area contributed by atoms with Crippen molar-refractivity contribution >= 4 is 56.9 Å². The summed E-state index contributed by atoms with van der Waals surface area (Å²) in [5, 5.41) is 13.7. The van der Waals surface area contributed by atoms with Crippen LogP contribution in [-0.2, 0) is 33.4 Å². The number of hydrogen-bond acceptors (Lipinski definition) is 8. The molecule has 3 heterocycles. The van der Waals surface area contributed by atoms with Crippen LogP contribution in [0, 0.1) is 11.8 Å². The second-order valence-corrected chi connectivity index (χ2v) is 14.5. The molecule has 2 bridgehead atoms. The zero-order valence-corrected chi connectivity index (χ0v) is 30.4. The largest absolute Gasteiger partial charge is 0.455 e. The van der Waals surface area contributed by atoms with E-state index in [1.807, 2.05) is 6.07 Å². The van der Waals surface area contributed by atoms with Gasteiger partial charge in [-0.2, -0.15) is 0 Å². The van der Waals surface area contributed by atoms with E-state index in [0.29, 0.717) is 22.7 Å². The van der Waals surface area contributed by atoms with Gasteiger partial charge in [0, 0.05) is 35.6 Å². The van der Waals surface area contributed by atoms with Crippen molar-refractivity contribution in [3.8, 4) is 0 Å². The average molecular weight is 773 g/mol. The lowest BCUT2D eigenvalue weighted by Crippen LogP contribution is -2.58. The standard InChI is InChI=1S/C37H43BrClN3O8/c1-5-7-13-28(44)40-27(21-48-4)31(23-11-9-8-10-12-23)49-36(47)29-30-34(45)42(22(3)20-43)33(37(30)19-26(38)32(29)50-37)35(46)41(18-6-2)25-16-14-24(39)15-17-25/h5-6,8-12,14-17,22,26-27,29-33,43H,1-2,7,13,18-21H2,3-4H3,(H,40,44)/t22-,26?,27-,29+,30-,31-,32+,33+,37-/m1/s1. The molecule has 3 fully saturated rings. The van der Waals surface area contributed by atoms with Gasteiger partial charge in [-0.25, -0.2) is 0 Å². The molecule has 3 aliphatic heterocycles. The lowest BCUT2D eigenvalue weighted by atomic mass is 9.70. The summed E-state index contributed by atoms with van der Waals surface area (Å²) in [4.78, 5) is 59.0. The molecule has 13 heteroatoms. The SMILES string of the molecule is C=CCCC(=O)N[C@H](COC)[C@H](OC(=O)[C@@H]1[C@H]2O[C@@]3(CC2Br)[C@H](C(=O)N(CC=C)c2ccc(Cl)cc2)N([C@H](C)CO)C(=O)[C@@H]13)c1ccccc1. The number of alkyl halides is 1. The molecule has 2 aromatic carbocycles. The number of nitrogens with zero attached hydrogens (tertiary/aromatic N) is 2. The van der Waals surface area contributed by atoms with Crippen LogP contribution in [0.15, 0.2) is 79.9 Å². The van der Waals surface area contributed by atoms with Crippen molar-refractivity contribution in [2.24, 2.45) is 11.8 Å². The fourth-order valence-corrected chi connectivity index (χ4v) is 8.59. The summed E-state index contributed by atoms with van der Waals surface area (Å²) < 4.78 is 18.4. The zero-order valence-electron chi connectivity index (χ0n) is 28.1. The van der Waals surface area contributed by atoms with Crippen LogP contribution in [0.1, 0.15) is 37.9 Å². The first kappa shape index (κ1) is 37.7. The Hall–Kier alpha value is -3.55. The number of nitrogens with one attached hydrogen (secondary N) is 1. The number of halogens is 2. The predicted octanol–water partition coefficient (Wildman–Crippen LogP) is 4.37. The van der Waals surface area contributed by atoms with Crippen LogP contribution in [0.3, 0.4) is 0 Å². The monoisotopic (exact) mass is 771 g/mol. The maximum atomic E-state index is 14.7. The van der Waals surface area contributed by atoms with Crippen molar-refractivity contribution in [2.75, 3.05) is 31.8 Å². The van der Waals surface area contributed by atoms with E-state index in [0.717, 1.165) is 0 Å². The first-order valence-corrected chi connectivity index (χ1v) is 17.9. The van der Waals surface area contributed by atoms with E-state index < -0.39 is 77.0 Å². The van der Waals surface area contributed by atoms with Crippen molar-refractivity contribution in [1.82, 2.24) is 10.2 Å². The molecule has 50 heavy (non-hydrogen) atoms. The Kier molecular flexibility index (Phi) is 12.2. The number of benzene rings is 2. The normalized spacial score (nSPS) is 26.9. The number of likely N-dealkylation sites (tertiary alicyclic amines) is 1. The van der Waals surface area contributed by atoms with Gasteiger partial charge in [0.2, 0.25) is 11.8 Å². The minimum absolute atomic E-state index is 0.0346. The van der Waals surface area contributed by atoms with Gasteiger partial charge in [0.1, 0.15) is 17.7 Å². The van der Waals surface area contributed by atoms with E-state index in [1.165, 1.54) is 16.9 Å². The maximum Gasteiger partial charge on any atom is 0.313 e. The quantitative estimate of drug-likeness (QED) is 0.146. The highest BCUT2D eigenvalue weighted by molar-refractivity contribution is 9.09. The second-order valence-electron chi connectivity index (χ2n) is 12.9. The van der Waals surface area contributed by atoms with Gasteiger partial charge < -0.3 is 34.4 Å². The average Bonchev–Trinajstić information content (AvgIpc) is 3.71. The van der Waals surface area contributed by atoms with Gasteiger partial charge in [-0.15, -0.1) is 13.2 Å². The van der Waals surface area contributed by atoms with E-state index in [4.69, 9.17) is 25.8 Å². The van der Waals surface area contributed by atoms with Crippen LogP contribution in [0.25, 0.3) is 0 Å². The molecule has 0 radical (unpaired) electrons. The number of carbonyl (C=O) groups is 4. The van der Waals surface area contributed by atoms with Gasteiger partial charge in [0.25, 0.3) is 5.91 Å². The third-order valence-electron chi connectivity index (χ3n) is 9.69. The molecule has 268 valence electrons. The molecule has 2 N–H and O–H groups in total. The molecule has 3 saturated heterocycles. The third kappa shape index (κ3) is 7.13. The number of aliphatic hydroxyl groups excluding tert-OH is 1. The number of hydrogen-bond donors (Lipinski definition) is 2. The van der Waals surface area contributed by atoms with Gasteiger partial charge in [-0.1, -0.05) is 70.0 Å². The molecule has 3 amide bonds. The van der Waals surface area contributed by atoms with Gasteiger partial charge >= 0.3 is 5.97 Å². The van der Waals surface area contributed by atoms with Crippen LogP contribution in [0.2, 0.25) is 5.02 Å². The first-order valence-electron chi connectivity index (χ1n) is 16.6. The van der Waals surface area contributed by atoms with E-state index in [1.54, 1.807) is 67.6 Å². The molecule has 3 aliphatic rings. The Morgan fingerprint density at radius 3 is 2.50 bits per heavy atom. The molecule has 0 aliphatic carbocycles. The van der Waals surface area contributed by atoms with E-state index in [-0.39, 0.29) is 31.9 Å². The number of amides is 3. The van der Waals surface area contributed by atoms with Crippen molar-refractivity contribution in [2.45, 2.75) is 66.9 Å². The molecular formula is C37H43BrClN3O8. The minimum Gasteiger partial charge on any atom is -0.455 e. The number of esters is 1. The van der Waals surface area contributed by atoms with Gasteiger partial charge in [-0.05, 0) is 49.6 Å². The second kappa shape index (κ2) is 16.2. The Labute approximate surface area is 305 Å². The molecule has 0 aromatic heterocycles. The lowest BCUT2D eigenvalue weighted by Gasteiger charge is -2.38. The number of anilines is 1. The van der Waals surface area contributed by atoms with Crippen molar-refractivity contribution in [3.63, 3.8) is 0 Å². The number of carbonyl (C=O) groups excluding carboxylic acids is 4. The molecule has 11 nitrogen and oxygen atoms in total. The van der Waals surface area contributed by atoms with Crippen molar-refractivity contribution < 1.29 is 38.5 Å². The summed E-state index contributed by atoms with van der Waals surface area (Å²) in [5.41, 5.74) is -0.253. The number of rotatable bonds is 16. The first-order chi connectivity index (χ1) is 24.0. The maximum absolute atomic E-state index is 14.7. The Balaban J connectivity index is 1.53. The van der Waals surface area contributed by atoms with E-state index >= 15 is 0 Å². The number of fused-ring (bicyclic) bond motifs is 1. The summed E-state index contributed by atoms with van der Waals surface area (Å²) in [6.07, 6.45) is 2.37. The van der Waals surface area contributed by atoms with E-state index in [9.17, 15) is 24.3 Å². The Morgan fingerprint density at radius 2 is 1.88 bits per heavy atom. The Morgan fingerprint density at radius 1 is 1.18 bits per heavy atom. The highest BCUT2D eigenvalue weighted by Crippen LogP contribution is 2.61. The lowest BCUT2D eigenvalue weighted by molar-refractivity contribution is -0.163.